The van der Waals surface area contributed by atoms with Crippen molar-refractivity contribution < 1.29 is 14.4 Å². The molecule has 0 saturated carbocycles. The van der Waals surface area contributed by atoms with Crippen LogP contribution in [0.4, 0.5) is 0 Å². The van der Waals surface area contributed by atoms with Crippen molar-refractivity contribution in [2.24, 2.45) is 0 Å². The van der Waals surface area contributed by atoms with Crippen molar-refractivity contribution in [3.63, 3.8) is 0 Å². The van der Waals surface area contributed by atoms with Gasteiger partial charge in [0.25, 0.3) is 5.91 Å². The van der Waals surface area contributed by atoms with Crippen LogP contribution in [0.3, 0.4) is 0 Å². The zero-order chi connectivity index (χ0) is 11.4. The highest BCUT2D eigenvalue weighted by Gasteiger charge is 2.18. The number of hydrogen-bond acceptors (Lipinski definition) is 4. The fourth-order valence-electron chi connectivity index (χ4n) is 0.969. The number of rotatable bonds is 3. The molecule has 0 radical (unpaired) electrons. The molecule has 0 spiro atoms. The molecule has 1 heterocycles. The topological polar surface area (TPSA) is 51.7 Å². The first-order valence-electron chi connectivity index (χ1n) is 4.11. The van der Waals surface area contributed by atoms with Crippen LogP contribution >= 0.6 is 15.9 Å². The number of ether oxygens (including phenoxy) is 1. The summed E-state index contributed by atoms with van der Waals surface area (Å²) in [6, 6.07) is 1.67. The van der Waals surface area contributed by atoms with Gasteiger partial charge in [-0.15, -0.1) is 0 Å². The molecule has 0 saturated heterocycles. The van der Waals surface area contributed by atoms with Crippen molar-refractivity contribution in [2.75, 3.05) is 21.3 Å². The molecule has 0 N–H and O–H groups in total. The summed E-state index contributed by atoms with van der Waals surface area (Å²) in [6.45, 7) is 0. The summed E-state index contributed by atoms with van der Waals surface area (Å²) in [5, 5.41) is 1.08. The van der Waals surface area contributed by atoms with E-state index in [9.17, 15) is 4.79 Å². The number of methoxy groups -OCH3 is 1. The highest BCUT2D eigenvalue weighted by atomic mass is 79.9. The predicted molar refractivity (Wildman–Crippen MR) is 57.6 cm³/mol. The van der Waals surface area contributed by atoms with Crippen LogP contribution in [0.2, 0.25) is 0 Å². The van der Waals surface area contributed by atoms with Crippen molar-refractivity contribution in [1.29, 1.82) is 0 Å². The highest BCUT2D eigenvalue weighted by molar-refractivity contribution is 9.10. The first-order chi connectivity index (χ1) is 7.10. The molecule has 0 aliphatic heterocycles. The monoisotopic (exact) mass is 274 g/mol. The third kappa shape index (κ3) is 2.66. The molecule has 0 aromatic carbocycles. The number of aromatic nitrogens is 1. The zero-order valence-corrected chi connectivity index (χ0v) is 10.2. The molecule has 6 heteroatoms. The fourth-order valence-corrected chi connectivity index (χ4v) is 1.28. The van der Waals surface area contributed by atoms with Gasteiger partial charge in [0.15, 0.2) is 11.4 Å². The van der Waals surface area contributed by atoms with Gasteiger partial charge in [-0.1, -0.05) is 0 Å². The van der Waals surface area contributed by atoms with Gasteiger partial charge in [0, 0.05) is 17.7 Å². The third-order valence-corrected chi connectivity index (χ3v) is 2.24. The first-order valence-corrected chi connectivity index (χ1v) is 4.91. The van der Waals surface area contributed by atoms with E-state index in [1.807, 2.05) is 0 Å². The molecule has 0 unspecified atom stereocenters. The molecule has 1 aromatic heterocycles. The van der Waals surface area contributed by atoms with E-state index >= 15 is 0 Å². The van der Waals surface area contributed by atoms with Crippen LogP contribution in [0.1, 0.15) is 10.5 Å². The maximum Gasteiger partial charge on any atom is 0.299 e. The lowest BCUT2D eigenvalue weighted by Gasteiger charge is -2.14. The zero-order valence-electron chi connectivity index (χ0n) is 8.65. The number of amides is 1. The average Bonchev–Trinajstić information content (AvgIpc) is 2.26. The van der Waals surface area contributed by atoms with E-state index in [4.69, 9.17) is 9.57 Å². The maximum atomic E-state index is 11.7. The van der Waals surface area contributed by atoms with Crippen LogP contribution in [0.15, 0.2) is 16.7 Å². The van der Waals surface area contributed by atoms with Crippen molar-refractivity contribution >= 4 is 21.8 Å². The second-order valence-electron chi connectivity index (χ2n) is 2.69. The molecule has 1 amide bonds. The number of hydroxylamine groups is 2. The van der Waals surface area contributed by atoms with Gasteiger partial charge in [0.2, 0.25) is 0 Å². The number of carbonyl (C=O) groups is 1. The van der Waals surface area contributed by atoms with Gasteiger partial charge in [-0.2, -0.15) is 0 Å². The Balaban J connectivity index is 3.08. The fraction of sp³-hybridized carbons (Fsp3) is 0.333. The quantitative estimate of drug-likeness (QED) is 0.784. The molecule has 0 aliphatic carbocycles. The molecule has 1 rings (SSSR count). The molecule has 5 nitrogen and oxygen atoms in total. The van der Waals surface area contributed by atoms with E-state index in [0.29, 0.717) is 5.75 Å². The minimum atomic E-state index is -0.359. The molecule has 0 bridgehead atoms. The van der Waals surface area contributed by atoms with Crippen molar-refractivity contribution in [2.45, 2.75) is 0 Å². The van der Waals surface area contributed by atoms with Crippen LogP contribution in [0.25, 0.3) is 0 Å². The van der Waals surface area contributed by atoms with Gasteiger partial charge < -0.3 is 4.74 Å². The number of pyridine rings is 1. The van der Waals surface area contributed by atoms with Gasteiger partial charge in [0.05, 0.1) is 14.2 Å². The van der Waals surface area contributed by atoms with Crippen molar-refractivity contribution in [1.82, 2.24) is 10.0 Å². The van der Waals surface area contributed by atoms with Gasteiger partial charge in [-0.25, -0.2) is 10.0 Å². The largest absolute Gasteiger partial charge is 0.494 e. The van der Waals surface area contributed by atoms with Gasteiger partial charge in [-0.05, 0) is 22.0 Å². The van der Waals surface area contributed by atoms with Gasteiger partial charge in [0.1, 0.15) is 0 Å². The lowest BCUT2D eigenvalue weighted by Crippen LogP contribution is -2.26. The van der Waals surface area contributed by atoms with E-state index in [1.54, 1.807) is 6.07 Å². The molecule has 15 heavy (non-hydrogen) atoms. The summed E-state index contributed by atoms with van der Waals surface area (Å²) in [6.07, 6.45) is 1.53. The summed E-state index contributed by atoms with van der Waals surface area (Å²) in [5.41, 5.74) is 0.213. The molecular formula is C9H11BrN2O3. The summed E-state index contributed by atoms with van der Waals surface area (Å²) >= 11 is 3.24. The van der Waals surface area contributed by atoms with Crippen LogP contribution in [0, 0.1) is 0 Å². The van der Waals surface area contributed by atoms with Gasteiger partial charge in [-0.3, -0.25) is 9.63 Å². The van der Waals surface area contributed by atoms with E-state index < -0.39 is 0 Å². The minimum absolute atomic E-state index is 0.213. The lowest BCUT2D eigenvalue weighted by molar-refractivity contribution is -0.0762. The number of hydrogen-bond donors (Lipinski definition) is 0. The average molecular weight is 275 g/mol. The summed E-state index contributed by atoms with van der Waals surface area (Å²) in [5.74, 6) is 0.0418. The van der Waals surface area contributed by atoms with Crippen LogP contribution in [-0.4, -0.2) is 37.2 Å². The third-order valence-electron chi connectivity index (χ3n) is 1.80. The number of carbonyl (C=O) groups excluding carboxylic acids is 1. The first kappa shape index (κ1) is 11.9. The van der Waals surface area contributed by atoms with E-state index in [-0.39, 0.29) is 11.6 Å². The molecule has 0 aliphatic rings. The van der Waals surface area contributed by atoms with Crippen LogP contribution < -0.4 is 4.74 Å². The Morgan fingerprint density at radius 3 is 2.73 bits per heavy atom. The maximum absolute atomic E-state index is 11.7. The summed E-state index contributed by atoms with van der Waals surface area (Å²) < 4.78 is 5.79. The number of halogens is 1. The predicted octanol–water partition coefficient (Wildman–Crippen LogP) is 1.49. The summed E-state index contributed by atoms with van der Waals surface area (Å²) in [7, 11) is 4.39. The van der Waals surface area contributed by atoms with Gasteiger partial charge >= 0.3 is 0 Å². The molecule has 1 aromatic rings. The Labute approximate surface area is 96.1 Å². The molecule has 82 valence electrons. The molecule has 0 atom stereocenters. The second-order valence-corrected chi connectivity index (χ2v) is 3.61. The Morgan fingerprint density at radius 1 is 1.53 bits per heavy atom. The van der Waals surface area contributed by atoms with E-state index in [2.05, 4.69) is 20.9 Å². The van der Waals surface area contributed by atoms with Crippen molar-refractivity contribution in [3.8, 4) is 5.75 Å². The Hall–Kier alpha value is -1.14. The highest BCUT2D eigenvalue weighted by Crippen LogP contribution is 2.21. The SMILES string of the molecule is COc1cc(Br)cnc1C(=O)N(C)OC. The van der Waals surface area contributed by atoms with E-state index in [0.717, 1.165) is 9.54 Å². The molecule has 0 fully saturated rings. The second kappa shape index (κ2) is 5.09. The molecular weight excluding hydrogens is 264 g/mol. The smallest absolute Gasteiger partial charge is 0.299 e. The Kier molecular flexibility index (Phi) is 4.05. The van der Waals surface area contributed by atoms with Crippen LogP contribution in [0.5, 0.6) is 5.75 Å². The Bertz CT molecular complexity index is 370. The minimum Gasteiger partial charge on any atom is -0.494 e. The lowest BCUT2D eigenvalue weighted by atomic mass is 10.3. The van der Waals surface area contributed by atoms with Crippen molar-refractivity contribution in [3.05, 3.63) is 22.4 Å². The van der Waals surface area contributed by atoms with E-state index in [1.165, 1.54) is 27.5 Å². The normalized spacial score (nSPS) is 9.87. The summed E-state index contributed by atoms with van der Waals surface area (Å²) in [4.78, 5) is 20.5. The standard InChI is InChI=1S/C9H11BrN2O3/c1-12(15-3)9(13)8-7(14-2)4-6(10)5-11-8/h4-5H,1-3H3. The van der Waals surface area contributed by atoms with Crippen LogP contribution in [-0.2, 0) is 4.84 Å². The number of nitrogens with zero attached hydrogens (tertiary/aromatic N) is 2. The Morgan fingerprint density at radius 2 is 2.20 bits per heavy atom.